The zero-order valence-electron chi connectivity index (χ0n) is 12.3. The van der Waals surface area contributed by atoms with Gasteiger partial charge in [0.1, 0.15) is 0 Å². The molecule has 0 aromatic heterocycles. The van der Waals surface area contributed by atoms with E-state index in [2.05, 4.69) is 11.8 Å². The average Bonchev–Trinajstić information content (AvgIpc) is 2.73. The van der Waals surface area contributed by atoms with Crippen molar-refractivity contribution in [3.63, 3.8) is 0 Å². The fourth-order valence-corrected chi connectivity index (χ4v) is 2.56. The van der Waals surface area contributed by atoms with Gasteiger partial charge in [-0.05, 0) is 25.1 Å². The van der Waals surface area contributed by atoms with E-state index in [1.807, 2.05) is 4.90 Å². The molecule has 1 aromatic carbocycles. The zero-order valence-corrected chi connectivity index (χ0v) is 12.3. The van der Waals surface area contributed by atoms with Crippen LogP contribution in [-0.2, 0) is 11.2 Å². The van der Waals surface area contributed by atoms with E-state index < -0.39 is 4.92 Å². The number of hydrogen-bond donors (Lipinski definition) is 0. The van der Waals surface area contributed by atoms with Crippen molar-refractivity contribution in [3.8, 4) is 0 Å². The number of carbonyl (C=O) groups excluding carboxylic acids is 1. The molecule has 21 heavy (non-hydrogen) atoms. The molecule has 0 bridgehead atoms. The molecule has 6 nitrogen and oxygen atoms in total. The first kappa shape index (κ1) is 15.4. The van der Waals surface area contributed by atoms with Crippen LogP contribution in [0.4, 0.5) is 5.69 Å². The molecule has 0 aliphatic carbocycles. The van der Waals surface area contributed by atoms with Crippen molar-refractivity contribution in [3.05, 3.63) is 39.9 Å². The Kier molecular flexibility index (Phi) is 5.27. The molecule has 1 aliphatic heterocycles. The second-order valence-corrected chi connectivity index (χ2v) is 5.27. The van der Waals surface area contributed by atoms with E-state index >= 15 is 0 Å². The molecule has 1 amide bonds. The number of benzene rings is 1. The molecule has 0 unspecified atom stereocenters. The summed E-state index contributed by atoms with van der Waals surface area (Å²) >= 11 is 0. The van der Waals surface area contributed by atoms with Gasteiger partial charge < -0.3 is 9.80 Å². The molecule has 2 rings (SSSR count). The summed E-state index contributed by atoms with van der Waals surface area (Å²) in [6, 6.07) is 6.21. The fraction of sp³-hybridized carbons (Fsp3) is 0.533. The predicted molar refractivity (Wildman–Crippen MR) is 80.1 cm³/mol. The third-order valence-corrected chi connectivity index (χ3v) is 3.89. The monoisotopic (exact) mass is 291 g/mol. The molecule has 114 valence electrons. The first-order valence-electron chi connectivity index (χ1n) is 7.33. The van der Waals surface area contributed by atoms with E-state index in [-0.39, 0.29) is 11.6 Å². The maximum Gasteiger partial charge on any atom is 0.269 e. The van der Waals surface area contributed by atoms with E-state index in [1.165, 1.54) is 12.1 Å². The van der Waals surface area contributed by atoms with E-state index in [9.17, 15) is 14.9 Å². The Morgan fingerprint density at radius 2 is 1.90 bits per heavy atom. The van der Waals surface area contributed by atoms with E-state index in [1.54, 1.807) is 12.1 Å². The number of nitrogens with zero attached hydrogens (tertiary/aromatic N) is 3. The van der Waals surface area contributed by atoms with Crippen molar-refractivity contribution in [2.24, 2.45) is 0 Å². The minimum atomic E-state index is -0.431. The van der Waals surface area contributed by atoms with Crippen LogP contribution in [0, 0.1) is 10.1 Å². The smallest absolute Gasteiger partial charge is 0.269 e. The van der Waals surface area contributed by atoms with E-state index in [4.69, 9.17) is 0 Å². The Morgan fingerprint density at radius 1 is 1.19 bits per heavy atom. The third-order valence-electron chi connectivity index (χ3n) is 3.89. The Bertz CT molecular complexity index is 501. The number of carbonyl (C=O) groups is 1. The van der Waals surface area contributed by atoms with Crippen molar-refractivity contribution in [2.75, 3.05) is 32.7 Å². The van der Waals surface area contributed by atoms with E-state index in [0.29, 0.717) is 6.42 Å². The fourth-order valence-electron chi connectivity index (χ4n) is 2.56. The van der Waals surface area contributed by atoms with Crippen LogP contribution in [0.1, 0.15) is 18.9 Å². The SMILES string of the molecule is CCN1CCCN(C(=O)Cc2ccc([N+](=O)[O-])cc2)CC1. The molecular formula is C15H21N3O3. The van der Waals surface area contributed by atoms with Gasteiger partial charge in [-0.3, -0.25) is 14.9 Å². The third kappa shape index (κ3) is 4.26. The molecule has 1 aliphatic rings. The van der Waals surface area contributed by atoms with Crippen molar-refractivity contribution >= 4 is 11.6 Å². The predicted octanol–water partition coefficient (Wildman–Crippen LogP) is 1.69. The lowest BCUT2D eigenvalue weighted by molar-refractivity contribution is -0.384. The van der Waals surface area contributed by atoms with Crippen molar-refractivity contribution in [1.82, 2.24) is 9.80 Å². The highest BCUT2D eigenvalue weighted by atomic mass is 16.6. The molecule has 0 atom stereocenters. The highest BCUT2D eigenvalue weighted by molar-refractivity contribution is 5.78. The second-order valence-electron chi connectivity index (χ2n) is 5.27. The van der Waals surface area contributed by atoms with Gasteiger partial charge >= 0.3 is 0 Å². The summed E-state index contributed by atoms with van der Waals surface area (Å²) in [6.07, 6.45) is 1.31. The Morgan fingerprint density at radius 3 is 2.52 bits per heavy atom. The highest BCUT2D eigenvalue weighted by Gasteiger charge is 2.18. The van der Waals surface area contributed by atoms with Crippen LogP contribution >= 0.6 is 0 Å². The van der Waals surface area contributed by atoms with Crippen molar-refractivity contribution in [1.29, 1.82) is 0 Å². The van der Waals surface area contributed by atoms with Gasteiger partial charge in [-0.25, -0.2) is 0 Å². The summed E-state index contributed by atoms with van der Waals surface area (Å²) in [4.78, 5) is 26.7. The van der Waals surface area contributed by atoms with Crippen LogP contribution in [-0.4, -0.2) is 53.4 Å². The van der Waals surface area contributed by atoms with Gasteiger partial charge in [-0.1, -0.05) is 19.1 Å². The minimum absolute atomic E-state index is 0.0551. The van der Waals surface area contributed by atoms with E-state index in [0.717, 1.165) is 44.7 Å². The normalized spacial score (nSPS) is 16.5. The van der Waals surface area contributed by atoms with Crippen molar-refractivity contribution in [2.45, 2.75) is 19.8 Å². The van der Waals surface area contributed by atoms with Gasteiger partial charge in [0, 0.05) is 31.8 Å². The number of hydrogen-bond acceptors (Lipinski definition) is 4. The molecule has 6 heteroatoms. The summed E-state index contributed by atoms with van der Waals surface area (Å²) in [7, 11) is 0. The first-order valence-corrected chi connectivity index (χ1v) is 7.33. The number of likely N-dealkylation sites (N-methyl/N-ethyl adjacent to an activating group) is 1. The maximum absolute atomic E-state index is 12.3. The lowest BCUT2D eigenvalue weighted by Crippen LogP contribution is -2.36. The van der Waals surface area contributed by atoms with Crippen LogP contribution in [0.25, 0.3) is 0 Å². The molecule has 0 radical (unpaired) electrons. The van der Waals surface area contributed by atoms with Gasteiger partial charge in [0.05, 0.1) is 11.3 Å². The van der Waals surface area contributed by atoms with Gasteiger partial charge in [-0.15, -0.1) is 0 Å². The number of amides is 1. The maximum atomic E-state index is 12.3. The molecule has 0 saturated carbocycles. The summed E-state index contributed by atoms with van der Waals surface area (Å²) in [5.41, 5.74) is 0.877. The molecule has 1 fully saturated rings. The summed E-state index contributed by atoms with van der Waals surface area (Å²) in [5, 5.41) is 10.6. The van der Waals surface area contributed by atoms with Crippen LogP contribution in [0.2, 0.25) is 0 Å². The van der Waals surface area contributed by atoms with Gasteiger partial charge in [-0.2, -0.15) is 0 Å². The van der Waals surface area contributed by atoms with Gasteiger partial charge in [0.25, 0.3) is 5.69 Å². The summed E-state index contributed by atoms with van der Waals surface area (Å²) in [5.74, 6) is 0.0989. The molecule has 0 N–H and O–H groups in total. The van der Waals surface area contributed by atoms with Crippen LogP contribution in [0.15, 0.2) is 24.3 Å². The second kappa shape index (κ2) is 7.17. The lowest BCUT2D eigenvalue weighted by Gasteiger charge is -2.21. The Balaban J connectivity index is 1.93. The largest absolute Gasteiger partial charge is 0.341 e. The highest BCUT2D eigenvalue weighted by Crippen LogP contribution is 2.13. The average molecular weight is 291 g/mol. The molecule has 1 heterocycles. The first-order chi connectivity index (χ1) is 10.1. The standard InChI is InChI=1S/C15H21N3O3/c1-2-16-8-3-9-17(11-10-16)15(19)12-13-4-6-14(7-5-13)18(20)21/h4-7H,2-3,8-12H2,1H3. The molecule has 0 spiro atoms. The van der Waals surface area contributed by atoms with Crippen molar-refractivity contribution < 1.29 is 9.72 Å². The summed E-state index contributed by atoms with van der Waals surface area (Å²) < 4.78 is 0. The summed E-state index contributed by atoms with van der Waals surface area (Å²) in [6.45, 7) is 6.67. The van der Waals surface area contributed by atoms with Gasteiger partial charge in [0.2, 0.25) is 5.91 Å². The molecular weight excluding hydrogens is 270 g/mol. The number of nitro benzene ring substituents is 1. The topological polar surface area (TPSA) is 66.7 Å². The zero-order chi connectivity index (χ0) is 15.2. The van der Waals surface area contributed by atoms with Crippen LogP contribution in [0.5, 0.6) is 0 Å². The van der Waals surface area contributed by atoms with Crippen LogP contribution < -0.4 is 0 Å². The Labute approximate surface area is 124 Å². The molecule has 1 saturated heterocycles. The number of non-ortho nitro benzene ring substituents is 1. The van der Waals surface area contributed by atoms with Crippen LogP contribution in [0.3, 0.4) is 0 Å². The number of rotatable bonds is 4. The molecule has 1 aromatic rings. The van der Waals surface area contributed by atoms with Gasteiger partial charge in [0.15, 0.2) is 0 Å². The quantitative estimate of drug-likeness (QED) is 0.625. The minimum Gasteiger partial charge on any atom is -0.341 e. The number of nitro groups is 1. The Hall–Kier alpha value is -1.95. The lowest BCUT2D eigenvalue weighted by atomic mass is 10.1.